The van der Waals surface area contributed by atoms with Crippen molar-refractivity contribution in [3.8, 4) is 11.3 Å². The highest BCUT2D eigenvalue weighted by Gasteiger charge is 2.52. The lowest BCUT2D eigenvalue weighted by Gasteiger charge is -2.57. The Hall–Kier alpha value is -2.93. The molecule has 5 aliphatic rings. The molecule has 3 aromatic rings. The molecular formula is C27H25N3O3S. The number of carbonyl (C=O) groups excluding carboxylic acids is 2. The summed E-state index contributed by atoms with van der Waals surface area (Å²) in [5, 5.41) is 1.95. The summed E-state index contributed by atoms with van der Waals surface area (Å²) in [6.45, 7) is 1.92. The summed E-state index contributed by atoms with van der Waals surface area (Å²) in [5.41, 5.74) is 6.09. The molecule has 5 fully saturated rings. The fourth-order valence-electron chi connectivity index (χ4n) is 7.36. The SMILES string of the molecule is Cc1nc2cc(-c3ccc(/C=C4/SC(=O)NC4=O)cn3)cc(C34CC5CC(CC(C5)C3)C4)c2o1. The molecule has 4 saturated carbocycles. The number of carbonyl (C=O) groups is 2. The number of nitrogens with zero attached hydrogens (tertiary/aromatic N) is 2. The van der Waals surface area contributed by atoms with Crippen molar-refractivity contribution in [3.63, 3.8) is 0 Å². The van der Waals surface area contributed by atoms with Crippen molar-refractivity contribution in [2.75, 3.05) is 0 Å². The van der Waals surface area contributed by atoms with Gasteiger partial charge in [0.1, 0.15) is 5.52 Å². The number of amides is 2. The monoisotopic (exact) mass is 471 g/mol. The minimum absolute atomic E-state index is 0.193. The van der Waals surface area contributed by atoms with Gasteiger partial charge in [-0.2, -0.15) is 0 Å². The molecule has 6 nitrogen and oxygen atoms in total. The quantitative estimate of drug-likeness (QED) is 0.472. The van der Waals surface area contributed by atoms with Gasteiger partial charge in [-0.15, -0.1) is 0 Å². The minimum atomic E-state index is -0.355. The van der Waals surface area contributed by atoms with Crippen molar-refractivity contribution >= 4 is 40.1 Å². The molecule has 1 aliphatic heterocycles. The number of oxazole rings is 1. The number of nitrogens with one attached hydrogen (secondary N) is 1. The molecule has 4 aliphatic carbocycles. The van der Waals surface area contributed by atoms with E-state index < -0.39 is 0 Å². The maximum atomic E-state index is 11.8. The maximum Gasteiger partial charge on any atom is 0.290 e. The van der Waals surface area contributed by atoms with Crippen LogP contribution in [0.3, 0.4) is 0 Å². The first-order chi connectivity index (χ1) is 16.4. The molecule has 0 unspecified atom stereocenters. The minimum Gasteiger partial charge on any atom is -0.441 e. The van der Waals surface area contributed by atoms with Gasteiger partial charge < -0.3 is 4.42 Å². The van der Waals surface area contributed by atoms with Crippen LogP contribution < -0.4 is 5.32 Å². The van der Waals surface area contributed by atoms with Crippen LogP contribution in [-0.2, 0) is 10.2 Å². The number of hydrogen-bond donors (Lipinski definition) is 1. The summed E-state index contributed by atoms with van der Waals surface area (Å²) in [5.74, 6) is 2.88. The first kappa shape index (κ1) is 20.4. The van der Waals surface area contributed by atoms with Gasteiger partial charge in [-0.1, -0.05) is 6.07 Å². The number of thioether (sulfide) groups is 1. The van der Waals surface area contributed by atoms with Crippen LogP contribution in [-0.4, -0.2) is 21.1 Å². The lowest BCUT2D eigenvalue weighted by molar-refractivity contribution is -0.115. The van der Waals surface area contributed by atoms with Crippen molar-refractivity contribution < 1.29 is 14.0 Å². The molecule has 1 saturated heterocycles. The number of imide groups is 1. The Morgan fingerprint density at radius 3 is 2.44 bits per heavy atom. The van der Waals surface area contributed by atoms with Crippen LogP contribution in [0.25, 0.3) is 28.4 Å². The van der Waals surface area contributed by atoms with Crippen molar-refractivity contribution in [1.29, 1.82) is 0 Å². The zero-order chi connectivity index (χ0) is 23.0. The van der Waals surface area contributed by atoms with Crippen LogP contribution in [0.15, 0.2) is 39.8 Å². The van der Waals surface area contributed by atoms with Gasteiger partial charge in [0.2, 0.25) is 0 Å². The second-order valence-corrected chi connectivity index (χ2v) is 11.6. The zero-order valence-corrected chi connectivity index (χ0v) is 19.8. The Morgan fingerprint density at radius 1 is 1.09 bits per heavy atom. The lowest BCUT2D eigenvalue weighted by atomic mass is 9.48. The van der Waals surface area contributed by atoms with Crippen LogP contribution in [0.5, 0.6) is 0 Å². The molecular weight excluding hydrogens is 446 g/mol. The highest BCUT2D eigenvalue weighted by atomic mass is 32.2. The number of fused-ring (bicyclic) bond motifs is 1. The van der Waals surface area contributed by atoms with Gasteiger partial charge in [0.15, 0.2) is 11.5 Å². The molecule has 8 rings (SSSR count). The Bertz CT molecular complexity index is 1350. The summed E-state index contributed by atoms with van der Waals surface area (Å²) in [7, 11) is 0. The van der Waals surface area contributed by atoms with Crippen molar-refractivity contribution in [3.05, 3.63) is 52.4 Å². The van der Waals surface area contributed by atoms with E-state index in [1.165, 1.54) is 44.1 Å². The average molecular weight is 472 g/mol. The van der Waals surface area contributed by atoms with E-state index >= 15 is 0 Å². The van der Waals surface area contributed by atoms with Crippen molar-refractivity contribution in [2.45, 2.75) is 50.9 Å². The topological polar surface area (TPSA) is 85.1 Å². The summed E-state index contributed by atoms with van der Waals surface area (Å²) in [4.78, 5) is 33.1. The van der Waals surface area contributed by atoms with Gasteiger partial charge >= 0.3 is 0 Å². The third-order valence-electron chi connectivity index (χ3n) is 8.23. The summed E-state index contributed by atoms with van der Waals surface area (Å²) >= 11 is 0.917. The van der Waals surface area contributed by atoms with Crippen LogP contribution in [0.2, 0.25) is 0 Å². The molecule has 0 spiro atoms. The van der Waals surface area contributed by atoms with E-state index in [0.29, 0.717) is 10.8 Å². The summed E-state index contributed by atoms with van der Waals surface area (Å²) < 4.78 is 6.18. The number of hydrogen-bond acceptors (Lipinski definition) is 6. The molecule has 3 heterocycles. The normalized spacial score (nSPS) is 31.1. The fourth-order valence-corrected chi connectivity index (χ4v) is 8.04. The first-order valence-corrected chi connectivity index (χ1v) is 12.9. The number of aromatic nitrogens is 2. The predicted molar refractivity (Wildman–Crippen MR) is 131 cm³/mol. The van der Waals surface area contributed by atoms with E-state index in [1.807, 2.05) is 19.1 Å². The van der Waals surface area contributed by atoms with Crippen LogP contribution >= 0.6 is 11.8 Å². The second kappa shape index (κ2) is 7.28. The highest BCUT2D eigenvalue weighted by Crippen LogP contribution is 2.61. The largest absolute Gasteiger partial charge is 0.441 e. The van der Waals surface area contributed by atoms with Crippen molar-refractivity contribution in [1.82, 2.24) is 15.3 Å². The molecule has 2 aromatic heterocycles. The van der Waals surface area contributed by atoms with Crippen LogP contribution in [0.4, 0.5) is 4.79 Å². The fraction of sp³-hybridized carbons (Fsp3) is 0.407. The highest BCUT2D eigenvalue weighted by molar-refractivity contribution is 8.18. The Balaban J connectivity index is 1.29. The molecule has 4 bridgehead atoms. The van der Waals surface area contributed by atoms with Crippen LogP contribution in [0, 0.1) is 24.7 Å². The molecule has 1 N–H and O–H groups in total. The molecule has 1 aromatic carbocycles. The molecule has 172 valence electrons. The third-order valence-corrected chi connectivity index (χ3v) is 9.04. The van der Waals surface area contributed by atoms with E-state index in [1.54, 1.807) is 12.3 Å². The van der Waals surface area contributed by atoms with Gasteiger partial charge in [-0.05, 0) is 103 Å². The second-order valence-electron chi connectivity index (χ2n) is 10.6. The van der Waals surface area contributed by atoms with E-state index in [2.05, 4.69) is 17.4 Å². The number of pyridine rings is 1. The average Bonchev–Trinajstić information content (AvgIpc) is 3.32. The maximum absolute atomic E-state index is 11.8. The molecule has 34 heavy (non-hydrogen) atoms. The van der Waals surface area contributed by atoms with Gasteiger partial charge in [-0.25, -0.2) is 4.98 Å². The molecule has 7 heteroatoms. The standard InChI is InChI=1S/C27H25N3O3S/c1-14-29-22-9-19(21-3-2-15(13-28-21)7-23-25(31)30-26(32)34-23)8-20(24(22)33-14)27-10-16-4-17(11-27)6-18(5-16)12-27/h2-3,7-9,13,16-18H,4-6,10-12H2,1H3,(H,30,31,32)/b23-7+. The predicted octanol–water partition coefficient (Wildman–Crippen LogP) is 5.99. The molecule has 0 atom stereocenters. The zero-order valence-electron chi connectivity index (χ0n) is 19.0. The van der Waals surface area contributed by atoms with Gasteiger partial charge in [-0.3, -0.25) is 19.9 Å². The van der Waals surface area contributed by atoms with Crippen molar-refractivity contribution in [2.24, 2.45) is 17.8 Å². The smallest absolute Gasteiger partial charge is 0.290 e. The molecule has 2 amide bonds. The van der Waals surface area contributed by atoms with Gasteiger partial charge in [0, 0.05) is 24.2 Å². The number of benzene rings is 1. The Kier molecular flexibility index (Phi) is 4.38. The Labute approximate surface area is 201 Å². The van der Waals surface area contributed by atoms with Gasteiger partial charge in [0.25, 0.3) is 11.1 Å². The van der Waals surface area contributed by atoms with E-state index in [0.717, 1.165) is 57.4 Å². The number of aryl methyl sites for hydroxylation is 1. The van der Waals surface area contributed by atoms with E-state index in [9.17, 15) is 9.59 Å². The Morgan fingerprint density at radius 2 is 1.82 bits per heavy atom. The number of rotatable bonds is 3. The van der Waals surface area contributed by atoms with Crippen LogP contribution in [0.1, 0.15) is 55.5 Å². The van der Waals surface area contributed by atoms with E-state index in [-0.39, 0.29) is 16.6 Å². The summed E-state index contributed by atoms with van der Waals surface area (Å²) in [6.07, 6.45) is 11.4. The van der Waals surface area contributed by atoms with E-state index in [4.69, 9.17) is 14.4 Å². The lowest BCUT2D eigenvalue weighted by Crippen LogP contribution is -2.48. The third kappa shape index (κ3) is 3.24. The summed E-state index contributed by atoms with van der Waals surface area (Å²) in [6, 6.07) is 8.30. The molecule has 0 radical (unpaired) electrons. The van der Waals surface area contributed by atoms with Gasteiger partial charge in [0.05, 0.1) is 10.6 Å². The first-order valence-electron chi connectivity index (χ1n) is 12.1.